The van der Waals surface area contributed by atoms with E-state index >= 15 is 0 Å². The number of nitrogens with one attached hydrogen (secondary N) is 1. The first-order valence-corrected chi connectivity index (χ1v) is 13.1. The number of anilines is 1. The van der Waals surface area contributed by atoms with Gasteiger partial charge in [0.15, 0.2) is 0 Å². The Balaban J connectivity index is 1.88. The Morgan fingerprint density at radius 3 is 2.22 bits per heavy atom. The van der Waals surface area contributed by atoms with Crippen molar-refractivity contribution in [1.29, 1.82) is 0 Å². The first-order valence-electron chi connectivity index (χ1n) is 11.3. The van der Waals surface area contributed by atoms with Gasteiger partial charge in [-0.3, -0.25) is 9.10 Å². The molecule has 10 heteroatoms. The highest BCUT2D eigenvalue weighted by Crippen LogP contribution is 2.32. The number of para-hydroxylation sites is 2. The number of halogens is 1. The van der Waals surface area contributed by atoms with Gasteiger partial charge in [0.25, 0.3) is 15.9 Å². The summed E-state index contributed by atoms with van der Waals surface area (Å²) < 4.78 is 39.2. The molecule has 3 aromatic carbocycles. The van der Waals surface area contributed by atoms with Crippen LogP contribution in [0, 0.1) is 0 Å². The topological polar surface area (TPSA) is 97.3 Å². The molecule has 0 aromatic heterocycles. The molecule has 8 nitrogen and oxygen atoms in total. The highest BCUT2D eigenvalue weighted by atomic mass is 35.5. The van der Waals surface area contributed by atoms with E-state index in [1.54, 1.807) is 38.1 Å². The summed E-state index contributed by atoms with van der Waals surface area (Å²) in [6.45, 7) is 5.80. The minimum atomic E-state index is -4.14. The molecule has 0 saturated heterocycles. The smallest absolute Gasteiger partial charge is 0.264 e. The number of hydrazone groups is 1. The van der Waals surface area contributed by atoms with Gasteiger partial charge in [-0.05, 0) is 87.0 Å². The molecule has 0 atom stereocenters. The first kappa shape index (κ1) is 27.0. The predicted molar refractivity (Wildman–Crippen MR) is 142 cm³/mol. The Bertz CT molecular complexity index is 1310. The van der Waals surface area contributed by atoms with Crippen molar-refractivity contribution in [3.05, 3.63) is 83.4 Å². The number of sulfonamides is 1. The number of hydrogen-bond donors (Lipinski definition) is 1. The van der Waals surface area contributed by atoms with Gasteiger partial charge >= 0.3 is 0 Å². The molecule has 0 radical (unpaired) electrons. The standard InChI is InChI=1S/C26H28ClN3O5S/c1-4-34-22-14-10-20(11-15-22)19(3)28-29-26(31)18-30(24-8-6-7-9-25(24)35-5-2)36(32,33)23-16-12-21(27)13-17-23/h6-17H,4-5,18H2,1-3H3,(H,29,31)/b28-19-. The van der Waals surface area contributed by atoms with Crippen LogP contribution in [-0.4, -0.2) is 39.8 Å². The lowest BCUT2D eigenvalue weighted by molar-refractivity contribution is -0.119. The van der Waals surface area contributed by atoms with E-state index in [0.29, 0.717) is 29.7 Å². The van der Waals surface area contributed by atoms with Crippen LogP contribution < -0.4 is 19.2 Å². The van der Waals surface area contributed by atoms with E-state index < -0.39 is 22.5 Å². The van der Waals surface area contributed by atoms with E-state index in [0.717, 1.165) is 15.6 Å². The molecule has 0 spiro atoms. The predicted octanol–water partition coefficient (Wildman–Crippen LogP) is 4.87. The van der Waals surface area contributed by atoms with Crippen LogP contribution in [0.2, 0.25) is 5.02 Å². The fourth-order valence-electron chi connectivity index (χ4n) is 3.31. The van der Waals surface area contributed by atoms with Crippen LogP contribution in [-0.2, 0) is 14.8 Å². The van der Waals surface area contributed by atoms with Crippen LogP contribution in [0.3, 0.4) is 0 Å². The highest BCUT2D eigenvalue weighted by molar-refractivity contribution is 7.92. The van der Waals surface area contributed by atoms with Gasteiger partial charge in [0.05, 0.1) is 29.5 Å². The zero-order valence-electron chi connectivity index (χ0n) is 20.3. The van der Waals surface area contributed by atoms with Crippen molar-refractivity contribution in [2.45, 2.75) is 25.7 Å². The third kappa shape index (κ3) is 6.77. The minimum Gasteiger partial charge on any atom is -0.494 e. The molecule has 0 aliphatic heterocycles. The maximum Gasteiger partial charge on any atom is 0.264 e. The van der Waals surface area contributed by atoms with Gasteiger partial charge in [0, 0.05) is 5.02 Å². The molecule has 3 aromatic rings. The van der Waals surface area contributed by atoms with Crippen LogP contribution in [0.4, 0.5) is 5.69 Å². The summed E-state index contributed by atoms with van der Waals surface area (Å²) in [6, 6.07) is 19.6. The number of hydrogen-bond acceptors (Lipinski definition) is 6. The summed E-state index contributed by atoms with van der Waals surface area (Å²) in [6.07, 6.45) is 0. The van der Waals surface area contributed by atoms with E-state index in [1.165, 1.54) is 24.3 Å². The number of ether oxygens (including phenoxy) is 2. The Morgan fingerprint density at radius 1 is 0.944 bits per heavy atom. The van der Waals surface area contributed by atoms with Crippen LogP contribution in [0.15, 0.2) is 82.8 Å². The molecule has 36 heavy (non-hydrogen) atoms. The number of nitrogens with zero attached hydrogens (tertiary/aromatic N) is 2. The molecule has 0 saturated carbocycles. The Labute approximate surface area is 216 Å². The fraction of sp³-hybridized carbons (Fsp3) is 0.231. The molecule has 0 heterocycles. The maximum absolute atomic E-state index is 13.6. The van der Waals surface area contributed by atoms with Crippen molar-refractivity contribution in [3.63, 3.8) is 0 Å². The van der Waals surface area contributed by atoms with Gasteiger partial charge in [-0.2, -0.15) is 5.10 Å². The molecule has 0 aliphatic carbocycles. The molecule has 190 valence electrons. The highest BCUT2D eigenvalue weighted by Gasteiger charge is 2.29. The van der Waals surface area contributed by atoms with Crippen molar-refractivity contribution in [2.24, 2.45) is 5.10 Å². The number of carbonyl (C=O) groups is 1. The molecule has 1 N–H and O–H groups in total. The van der Waals surface area contributed by atoms with Gasteiger partial charge in [0.2, 0.25) is 0 Å². The van der Waals surface area contributed by atoms with E-state index in [9.17, 15) is 13.2 Å². The van der Waals surface area contributed by atoms with Crippen LogP contribution in [0.1, 0.15) is 26.3 Å². The first-order chi connectivity index (χ1) is 17.3. The largest absolute Gasteiger partial charge is 0.494 e. The SMILES string of the molecule is CCOc1ccc(/C(C)=N\NC(=O)CN(c2ccccc2OCC)S(=O)(=O)c2ccc(Cl)cc2)cc1. The lowest BCUT2D eigenvalue weighted by atomic mass is 10.1. The second-order valence-electron chi connectivity index (χ2n) is 7.56. The summed E-state index contributed by atoms with van der Waals surface area (Å²) in [5.74, 6) is 0.442. The average Bonchev–Trinajstić information content (AvgIpc) is 2.87. The molecular weight excluding hydrogens is 502 g/mol. The van der Waals surface area contributed by atoms with Gasteiger partial charge in [-0.15, -0.1) is 0 Å². The molecule has 0 unspecified atom stereocenters. The van der Waals surface area contributed by atoms with Crippen LogP contribution in [0.25, 0.3) is 0 Å². The van der Waals surface area contributed by atoms with Gasteiger partial charge in [0.1, 0.15) is 18.0 Å². The summed E-state index contributed by atoms with van der Waals surface area (Å²) in [7, 11) is -4.14. The summed E-state index contributed by atoms with van der Waals surface area (Å²) in [5, 5.41) is 4.54. The summed E-state index contributed by atoms with van der Waals surface area (Å²) >= 11 is 5.94. The van der Waals surface area contributed by atoms with Crippen molar-refractivity contribution in [2.75, 3.05) is 24.1 Å². The molecule has 1 amide bonds. The van der Waals surface area contributed by atoms with Crippen molar-refractivity contribution >= 4 is 38.9 Å². The minimum absolute atomic E-state index is 0.0138. The fourth-order valence-corrected chi connectivity index (χ4v) is 4.87. The van der Waals surface area contributed by atoms with E-state index in [-0.39, 0.29) is 10.6 Å². The number of rotatable bonds is 11. The van der Waals surface area contributed by atoms with E-state index in [4.69, 9.17) is 21.1 Å². The Hall–Kier alpha value is -3.56. The second-order valence-corrected chi connectivity index (χ2v) is 9.85. The third-order valence-electron chi connectivity index (χ3n) is 5.05. The monoisotopic (exact) mass is 529 g/mol. The normalized spacial score (nSPS) is 11.6. The molecule has 0 aliphatic rings. The Morgan fingerprint density at radius 2 is 1.58 bits per heavy atom. The van der Waals surface area contributed by atoms with Crippen LogP contribution in [0.5, 0.6) is 11.5 Å². The molecule has 0 bridgehead atoms. The zero-order chi connectivity index (χ0) is 26.1. The average molecular weight is 530 g/mol. The third-order valence-corrected chi connectivity index (χ3v) is 7.08. The Kier molecular flexibility index (Phi) is 9.32. The van der Waals surface area contributed by atoms with Crippen molar-refractivity contribution in [1.82, 2.24) is 5.43 Å². The zero-order valence-corrected chi connectivity index (χ0v) is 21.8. The lowest BCUT2D eigenvalue weighted by Crippen LogP contribution is -2.40. The van der Waals surface area contributed by atoms with Gasteiger partial charge in [-0.1, -0.05) is 23.7 Å². The molecular formula is C26H28ClN3O5S. The second kappa shape index (κ2) is 12.4. The van der Waals surface area contributed by atoms with Gasteiger partial charge < -0.3 is 9.47 Å². The van der Waals surface area contributed by atoms with Gasteiger partial charge in [-0.25, -0.2) is 13.8 Å². The molecule has 0 fully saturated rings. The maximum atomic E-state index is 13.6. The number of carbonyl (C=O) groups excluding carboxylic acids is 1. The lowest BCUT2D eigenvalue weighted by Gasteiger charge is -2.25. The van der Waals surface area contributed by atoms with Crippen LogP contribution >= 0.6 is 11.6 Å². The molecule has 3 rings (SSSR count). The van der Waals surface area contributed by atoms with E-state index in [2.05, 4.69) is 10.5 Å². The van der Waals surface area contributed by atoms with Crippen molar-refractivity contribution < 1.29 is 22.7 Å². The van der Waals surface area contributed by atoms with E-state index in [1.807, 2.05) is 31.2 Å². The summed E-state index contributed by atoms with van der Waals surface area (Å²) in [4.78, 5) is 12.9. The quantitative estimate of drug-likeness (QED) is 0.282. The number of benzene rings is 3. The van der Waals surface area contributed by atoms with Crippen molar-refractivity contribution in [3.8, 4) is 11.5 Å². The summed E-state index contributed by atoms with van der Waals surface area (Å²) in [5.41, 5.74) is 4.02. The number of amides is 1.